The summed E-state index contributed by atoms with van der Waals surface area (Å²) in [7, 11) is 0. The van der Waals surface area contributed by atoms with Gasteiger partial charge in [-0.25, -0.2) is 0 Å². The van der Waals surface area contributed by atoms with Crippen molar-refractivity contribution in [3.05, 3.63) is 27.2 Å². The lowest BCUT2D eigenvalue weighted by atomic mass is 9.80. The number of halogens is 2. The van der Waals surface area contributed by atoms with E-state index in [4.69, 9.17) is 21.1 Å². The first-order chi connectivity index (χ1) is 12.4. The van der Waals surface area contributed by atoms with Crippen LogP contribution in [0.1, 0.15) is 18.4 Å². The molecule has 0 unspecified atom stereocenters. The third-order valence-corrected chi connectivity index (χ3v) is 7.09. The fourth-order valence-corrected chi connectivity index (χ4v) is 5.13. The van der Waals surface area contributed by atoms with Crippen LogP contribution in [0.3, 0.4) is 0 Å². The third-order valence-electron chi connectivity index (χ3n) is 5.71. The van der Waals surface area contributed by atoms with Gasteiger partial charge in [-0.1, -0.05) is 11.6 Å². The van der Waals surface area contributed by atoms with Crippen LogP contribution in [0.5, 0.6) is 0 Å². The minimum absolute atomic E-state index is 0.0324. The van der Waals surface area contributed by atoms with E-state index in [0.717, 1.165) is 17.3 Å². The average molecular weight is 443 g/mol. The maximum absolute atomic E-state index is 12.5. The summed E-state index contributed by atoms with van der Waals surface area (Å²) in [5.41, 5.74) is 1.27. The molecular weight excluding hydrogens is 426 g/mol. The summed E-state index contributed by atoms with van der Waals surface area (Å²) in [4.78, 5) is 36.5. The third kappa shape index (κ3) is 2.81. The standard InChI is InChI=1S/C18H17BrClNO5/c1-7-11(3-2-10(19)16(7)20)21-13(22)6-25-17(23)14-8-4-9-12(5-8)26-18(24)15(9)14/h2-3,8-9,12,14-15H,4-6H2,1H3,(H,21,22)/t8-,9+,12+,14-,15+/m1/s1. The molecule has 3 aliphatic rings. The van der Waals surface area contributed by atoms with E-state index in [9.17, 15) is 14.4 Å². The maximum atomic E-state index is 12.5. The highest BCUT2D eigenvalue weighted by atomic mass is 79.9. The Labute approximate surface area is 163 Å². The van der Waals surface area contributed by atoms with Crippen molar-refractivity contribution in [2.45, 2.75) is 25.9 Å². The second-order valence-electron chi connectivity index (χ2n) is 7.11. The van der Waals surface area contributed by atoms with Gasteiger partial charge in [0.15, 0.2) is 6.61 Å². The van der Waals surface area contributed by atoms with E-state index >= 15 is 0 Å². The first-order valence-electron chi connectivity index (χ1n) is 8.48. The van der Waals surface area contributed by atoms with E-state index in [1.165, 1.54) is 0 Å². The fraction of sp³-hybridized carbons (Fsp3) is 0.500. The van der Waals surface area contributed by atoms with Gasteiger partial charge in [0.05, 0.1) is 16.9 Å². The Balaban J connectivity index is 1.36. The maximum Gasteiger partial charge on any atom is 0.310 e. The number of ether oxygens (including phenoxy) is 2. The number of esters is 2. The molecule has 5 atom stereocenters. The molecule has 1 saturated heterocycles. The number of fused-ring (bicyclic) bond motifs is 1. The van der Waals surface area contributed by atoms with Crippen LogP contribution in [0.15, 0.2) is 16.6 Å². The Kier molecular flexibility index (Phi) is 4.47. The zero-order valence-electron chi connectivity index (χ0n) is 14.0. The summed E-state index contributed by atoms with van der Waals surface area (Å²) in [6.45, 7) is 1.39. The predicted molar refractivity (Wildman–Crippen MR) is 96.6 cm³/mol. The summed E-state index contributed by atoms with van der Waals surface area (Å²) < 4.78 is 11.3. The number of hydrogen-bond donors (Lipinski definition) is 1. The van der Waals surface area contributed by atoms with Crippen LogP contribution in [0, 0.1) is 30.6 Å². The number of benzene rings is 1. The highest BCUT2D eigenvalue weighted by Crippen LogP contribution is 2.57. The van der Waals surface area contributed by atoms with Crippen molar-refractivity contribution in [3.63, 3.8) is 0 Å². The Bertz CT molecular complexity index is 811. The highest BCUT2D eigenvalue weighted by Gasteiger charge is 2.64. The number of anilines is 1. The Morgan fingerprint density at radius 2 is 2.15 bits per heavy atom. The quantitative estimate of drug-likeness (QED) is 0.725. The lowest BCUT2D eigenvalue weighted by molar-refractivity contribution is -0.157. The number of nitrogens with one attached hydrogen (secondary N) is 1. The first-order valence-corrected chi connectivity index (χ1v) is 9.65. The summed E-state index contributed by atoms with van der Waals surface area (Å²) in [6.07, 6.45) is 1.51. The Hall–Kier alpha value is -1.60. The molecule has 1 heterocycles. The normalized spacial score (nSPS) is 31.0. The molecule has 2 bridgehead atoms. The zero-order valence-corrected chi connectivity index (χ0v) is 16.3. The van der Waals surface area contributed by atoms with Gasteiger partial charge in [-0.15, -0.1) is 0 Å². The molecule has 1 amide bonds. The first kappa shape index (κ1) is 17.8. The molecule has 4 rings (SSSR count). The Morgan fingerprint density at radius 3 is 2.92 bits per heavy atom. The van der Waals surface area contributed by atoms with Gasteiger partial charge < -0.3 is 14.8 Å². The number of rotatable bonds is 4. The van der Waals surface area contributed by atoms with Crippen LogP contribution >= 0.6 is 27.5 Å². The Morgan fingerprint density at radius 1 is 1.38 bits per heavy atom. The van der Waals surface area contributed by atoms with Crippen LogP contribution in [-0.4, -0.2) is 30.6 Å². The zero-order chi connectivity index (χ0) is 18.6. The van der Waals surface area contributed by atoms with Gasteiger partial charge in [0.1, 0.15) is 6.10 Å². The van der Waals surface area contributed by atoms with E-state index < -0.39 is 30.3 Å². The van der Waals surface area contributed by atoms with E-state index in [2.05, 4.69) is 21.2 Å². The largest absolute Gasteiger partial charge is 0.462 e. The smallest absolute Gasteiger partial charge is 0.310 e. The lowest BCUT2D eigenvalue weighted by Crippen LogP contribution is -2.35. The van der Waals surface area contributed by atoms with Crippen molar-refractivity contribution >= 4 is 51.1 Å². The molecule has 6 nitrogen and oxygen atoms in total. The van der Waals surface area contributed by atoms with Crippen LogP contribution in [0.4, 0.5) is 5.69 Å². The molecule has 138 valence electrons. The lowest BCUT2D eigenvalue weighted by Gasteiger charge is -2.22. The van der Waals surface area contributed by atoms with Crippen molar-refractivity contribution in [1.82, 2.24) is 0 Å². The van der Waals surface area contributed by atoms with Gasteiger partial charge in [0, 0.05) is 16.1 Å². The minimum atomic E-state index is -0.486. The molecule has 2 saturated carbocycles. The molecule has 2 aliphatic carbocycles. The summed E-state index contributed by atoms with van der Waals surface area (Å²) in [6, 6.07) is 3.45. The molecule has 1 N–H and O–H groups in total. The van der Waals surface area contributed by atoms with Crippen molar-refractivity contribution in [2.75, 3.05) is 11.9 Å². The predicted octanol–water partition coefficient (Wildman–Crippen LogP) is 3.09. The molecule has 1 aromatic rings. The number of hydrogen-bond acceptors (Lipinski definition) is 5. The topological polar surface area (TPSA) is 81.7 Å². The van der Waals surface area contributed by atoms with Gasteiger partial charge in [-0.3, -0.25) is 14.4 Å². The number of amides is 1. The van der Waals surface area contributed by atoms with E-state index in [1.54, 1.807) is 19.1 Å². The van der Waals surface area contributed by atoms with Crippen LogP contribution < -0.4 is 5.32 Å². The summed E-state index contributed by atoms with van der Waals surface area (Å²) in [5.74, 6) is -1.87. The second-order valence-corrected chi connectivity index (χ2v) is 8.34. The van der Waals surface area contributed by atoms with Gasteiger partial charge in [0.25, 0.3) is 5.91 Å². The monoisotopic (exact) mass is 441 g/mol. The van der Waals surface area contributed by atoms with Crippen LogP contribution in [-0.2, 0) is 23.9 Å². The van der Waals surface area contributed by atoms with Gasteiger partial charge in [-0.05, 0) is 59.3 Å². The van der Waals surface area contributed by atoms with E-state index in [1.807, 2.05) is 0 Å². The van der Waals surface area contributed by atoms with E-state index in [0.29, 0.717) is 16.3 Å². The molecule has 0 aromatic heterocycles. The molecule has 1 aliphatic heterocycles. The van der Waals surface area contributed by atoms with E-state index in [-0.39, 0.29) is 23.9 Å². The van der Waals surface area contributed by atoms with Crippen molar-refractivity contribution < 1.29 is 23.9 Å². The summed E-state index contributed by atoms with van der Waals surface area (Å²) in [5, 5.41) is 3.20. The van der Waals surface area contributed by atoms with Crippen molar-refractivity contribution in [1.29, 1.82) is 0 Å². The minimum Gasteiger partial charge on any atom is -0.462 e. The van der Waals surface area contributed by atoms with Crippen LogP contribution in [0.25, 0.3) is 0 Å². The van der Waals surface area contributed by atoms with Gasteiger partial charge in [-0.2, -0.15) is 0 Å². The molecule has 8 heteroatoms. The molecule has 0 radical (unpaired) electrons. The SMILES string of the molecule is Cc1c(NC(=O)COC(=O)[C@@H]2[C@@H]3C[C@@H]4[C@@H]2C(=O)O[C@H]4C3)ccc(Br)c1Cl. The van der Waals surface area contributed by atoms with Gasteiger partial charge in [0.2, 0.25) is 0 Å². The molecule has 26 heavy (non-hydrogen) atoms. The highest BCUT2D eigenvalue weighted by molar-refractivity contribution is 9.10. The fourth-order valence-electron chi connectivity index (χ4n) is 4.53. The summed E-state index contributed by atoms with van der Waals surface area (Å²) >= 11 is 9.46. The second kappa shape index (κ2) is 6.53. The van der Waals surface area contributed by atoms with Crippen molar-refractivity contribution in [2.24, 2.45) is 23.7 Å². The van der Waals surface area contributed by atoms with Gasteiger partial charge >= 0.3 is 11.9 Å². The van der Waals surface area contributed by atoms with Crippen LogP contribution in [0.2, 0.25) is 5.02 Å². The van der Waals surface area contributed by atoms with Crippen molar-refractivity contribution in [3.8, 4) is 0 Å². The number of carbonyl (C=O) groups is 3. The molecule has 0 spiro atoms. The molecular formula is C18H17BrClNO5. The molecule has 1 aromatic carbocycles. The number of carbonyl (C=O) groups excluding carboxylic acids is 3. The molecule has 3 fully saturated rings. The average Bonchev–Trinajstić information content (AvgIpc) is 3.22.